The van der Waals surface area contributed by atoms with Crippen molar-refractivity contribution >= 4 is 27.3 Å². The van der Waals surface area contributed by atoms with Gasteiger partial charge in [0, 0.05) is 29.6 Å². The first-order chi connectivity index (χ1) is 12.4. The van der Waals surface area contributed by atoms with Crippen molar-refractivity contribution in [3.05, 3.63) is 30.0 Å². The van der Waals surface area contributed by atoms with Gasteiger partial charge in [0.05, 0.1) is 25.7 Å². The molecule has 1 saturated heterocycles. The molecule has 2 N–H and O–H groups in total. The molecule has 0 amide bonds. The molecule has 2 aromatic rings. The van der Waals surface area contributed by atoms with E-state index in [9.17, 15) is 8.42 Å². The maximum Gasteiger partial charge on any atom is 0.225 e. The van der Waals surface area contributed by atoms with Gasteiger partial charge in [0.1, 0.15) is 5.82 Å². The zero-order valence-corrected chi connectivity index (χ0v) is 15.8. The molecule has 0 spiro atoms. The number of ether oxygens (including phenoxy) is 2. The predicted octanol–water partition coefficient (Wildman–Crippen LogP) is 2.14. The van der Waals surface area contributed by atoms with Gasteiger partial charge < -0.3 is 20.1 Å². The highest BCUT2D eigenvalue weighted by Gasteiger charge is 2.28. The summed E-state index contributed by atoms with van der Waals surface area (Å²) in [5, 5.41) is 6.33. The van der Waals surface area contributed by atoms with Gasteiger partial charge in [-0.1, -0.05) is 0 Å². The fourth-order valence-corrected chi connectivity index (χ4v) is 4.52. The third kappa shape index (κ3) is 4.34. The topological polar surface area (TPSA) is 102 Å². The molecule has 1 aromatic carbocycles. The Kier molecular flexibility index (Phi) is 5.17. The summed E-state index contributed by atoms with van der Waals surface area (Å²) in [4.78, 5) is 8.78. The molecule has 8 nitrogen and oxygen atoms in total. The van der Waals surface area contributed by atoms with Crippen molar-refractivity contribution in [3.63, 3.8) is 0 Å². The smallest absolute Gasteiger partial charge is 0.225 e. The van der Waals surface area contributed by atoms with Crippen LogP contribution in [0.25, 0.3) is 0 Å². The molecule has 1 aliphatic heterocycles. The fraction of sp³-hybridized carbons (Fsp3) is 0.412. The molecule has 3 rings (SSSR count). The summed E-state index contributed by atoms with van der Waals surface area (Å²) >= 11 is 0. The minimum absolute atomic E-state index is 0.114. The van der Waals surface area contributed by atoms with E-state index >= 15 is 0 Å². The molecular formula is C17H22N4O4S. The van der Waals surface area contributed by atoms with E-state index in [1.54, 1.807) is 20.3 Å². The second-order valence-electron chi connectivity index (χ2n) is 6.16. The standard InChI is InChI=1S/C17H22N4O4S/c1-11-8-16(19-12-4-5-14(24-2)15(9-12)25-3)21-17(18-11)20-13-6-7-26(22,23)10-13/h4-5,8-9,13H,6-7,10H2,1-3H3,(H2,18,19,20,21). The van der Waals surface area contributed by atoms with E-state index in [1.807, 2.05) is 25.1 Å². The largest absolute Gasteiger partial charge is 0.493 e. The molecule has 1 atom stereocenters. The number of hydrogen-bond donors (Lipinski definition) is 2. The van der Waals surface area contributed by atoms with Gasteiger partial charge in [0.2, 0.25) is 5.95 Å². The van der Waals surface area contributed by atoms with Crippen LogP contribution in [0.15, 0.2) is 24.3 Å². The monoisotopic (exact) mass is 378 g/mol. The van der Waals surface area contributed by atoms with Crippen LogP contribution in [0.1, 0.15) is 12.1 Å². The maximum atomic E-state index is 11.6. The SMILES string of the molecule is COc1ccc(Nc2cc(C)nc(NC3CCS(=O)(=O)C3)n2)cc1OC. The number of aromatic nitrogens is 2. The zero-order chi connectivity index (χ0) is 18.7. The lowest BCUT2D eigenvalue weighted by atomic mass is 10.2. The number of rotatable bonds is 6. The van der Waals surface area contributed by atoms with E-state index in [1.165, 1.54) is 0 Å². The first kappa shape index (κ1) is 18.2. The fourth-order valence-electron chi connectivity index (χ4n) is 2.85. The van der Waals surface area contributed by atoms with Gasteiger partial charge in [-0.05, 0) is 25.5 Å². The van der Waals surface area contributed by atoms with Crippen LogP contribution in [0.2, 0.25) is 0 Å². The lowest BCUT2D eigenvalue weighted by molar-refractivity contribution is 0.355. The Morgan fingerprint density at radius 3 is 2.54 bits per heavy atom. The van der Waals surface area contributed by atoms with E-state index in [4.69, 9.17) is 9.47 Å². The first-order valence-electron chi connectivity index (χ1n) is 8.20. The van der Waals surface area contributed by atoms with Crippen LogP contribution in [-0.2, 0) is 9.84 Å². The minimum Gasteiger partial charge on any atom is -0.493 e. The van der Waals surface area contributed by atoms with Crippen LogP contribution < -0.4 is 20.1 Å². The van der Waals surface area contributed by atoms with Crippen LogP contribution in [0.3, 0.4) is 0 Å². The highest BCUT2D eigenvalue weighted by Crippen LogP contribution is 2.31. The molecule has 2 heterocycles. The molecular weight excluding hydrogens is 356 g/mol. The van der Waals surface area contributed by atoms with Crippen molar-refractivity contribution in [3.8, 4) is 11.5 Å². The Bertz CT molecular complexity index is 902. The van der Waals surface area contributed by atoms with E-state index in [0.29, 0.717) is 29.7 Å². The van der Waals surface area contributed by atoms with Gasteiger partial charge in [-0.15, -0.1) is 0 Å². The molecule has 140 valence electrons. The Morgan fingerprint density at radius 2 is 1.88 bits per heavy atom. The average Bonchev–Trinajstić information content (AvgIpc) is 2.92. The molecule has 9 heteroatoms. The third-order valence-corrected chi connectivity index (χ3v) is 5.84. The summed E-state index contributed by atoms with van der Waals surface area (Å²) in [6.45, 7) is 1.86. The van der Waals surface area contributed by atoms with Gasteiger partial charge in [-0.25, -0.2) is 13.4 Å². The summed E-state index contributed by atoms with van der Waals surface area (Å²) in [5.74, 6) is 2.58. The van der Waals surface area contributed by atoms with Crippen molar-refractivity contribution in [2.75, 3.05) is 36.4 Å². The minimum atomic E-state index is -2.96. The van der Waals surface area contributed by atoms with Crippen molar-refractivity contribution in [1.29, 1.82) is 0 Å². The van der Waals surface area contributed by atoms with Gasteiger partial charge in [-0.2, -0.15) is 4.98 Å². The molecule has 26 heavy (non-hydrogen) atoms. The molecule has 0 bridgehead atoms. The Morgan fingerprint density at radius 1 is 1.12 bits per heavy atom. The summed E-state index contributed by atoms with van der Waals surface area (Å²) < 4.78 is 33.7. The number of sulfone groups is 1. The van der Waals surface area contributed by atoms with Gasteiger partial charge in [0.15, 0.2) is 21.3 Å². The third-order valence-electron chi connectivity index (χ3n) is 4.08. The average molecular weight is 378 g/mol. The number of benzene rings is 1. The molecule has 0 saturated carbocycles. The van der Waals surface area contributed by atoms with Gasteiger partial charge in [-0.3, -0.25) is 0 Å². The number of nitrogens with zero attached hydrogens (tertiary/aromatic N) is 2. The summed E-state index contributed by atoms with van der Waals surface area (Å²) in [6.07, 6.45) is 0.568. The second kappa shape index (κ2) is 7.36. The summed E-state index contributed by atoms with van der Waals surface area (Å²) in [7, 11) is 0.203. The Hall–Kier alpha value is -2.55. The highest BCUT2D eigenvalue weighted by molar-refractivity contribution is 7.91. The van der Waals surface area contributed by atoms with E-state index in [0.717, 1.165) is 11.4 Å². The summed E-state index contributed by atoms with van der Waals surface area (Å²) in [5.41, 5.74) is 1.56. The van der Waals surface area contributed by atoms with E-state index < -0.39 is 9.84 Å². The number of hydrogen-bond acceptors (Lipinski definition) is 8. The molecule has 0 radical (unpaired) electrons. The highest BCUT2D eigenvalue weighted by atomic mass is 32.2. The van der Waals surface area contributed by atoms with Crippen LogP contribution in [0.5, 0.6) is 11.5 Å². The summed E-state index contributed by atoms with van der Waals surface area (Å²) in [6, 6.07) is 7.13. The zero-order valence-electron chi connectivity index (χ0n) is 14.9. The predicted molar refractivity (Wildman–Crippen MR) is 100 cm³/mol. The number of anilines is 3. The van der Waals surface area contributed by atoms with Crippen molar-refractivity contribution < 1.29 is 17.9 Å². The number of methoxy groups -OCH3 is 2. The van der Waals surface area contributed by atoms with Crippen molar-refractivity contribution in [2.45, 2.75) is 19.4 Å². The Balaban J connectivity index is 1.77. The van der Waals surface area contributed by atoms with Gasteiger partial charge in [0.25, 0.3) is 0 Å². The van der Waals surface area contributed by atoms with Crippen LogP contribution in [0.4, 0.5) is 17.5 Å². The second-order valence-corrected chi connectivity index (χ2v) is 8.39. The Labute approximate surface area is 152 Å². The van der Waals surface area contributed by atoms with Crippen molar-refractivity contribution in [2.24, 2.45) is 0 Å². The van der Waals surface area contributed by atoms with Gasteiger partial charge >= 0.3 is 0 Å². The maximum absolute atomic E-state index is 11.6. The van der Waals surface area contributed by atoms with Crippen molar-refractivity contribution in [1.82, 2.24) is 9.97 Å². The lowest BCUT2D eigenvalue weighted by Gasteiger charge is -2.14. The first-order valence-corrected chi connectivity index (χ1v) is 10.0. The lowest BCUT2D eigenvalue weighted by Crippen LogP contribution is -2.22. The number of aryl methyl sites for hydroxylation is 1. The number of nitrogens with one attached hydrogen (secondary N) is 2. The van der Waals surface area contributed by atoms with Crippen LogP contribution >= 0.6 is 0 Å². The molecule has 1 unspecified atom stereocenters. The molecule has 1 fully saturated rings. The molecule has 1 aliphatic rings. The van der Waals surface area contributed by atoms with Crippen LogP contribution in [-0.4, -0.2) is 50.2 Å². The van der Waals surface area contributed by atoms with E-state index in [2.05, 4.69) is 20.6 Å². The molecule has 1 aromatic heterocycles. The quantitative estimate of drug-likeness (QED) is 0.788. The van der Waals surface area contributed by atoms with Crippen LogP contribution in [0, 0.1) is 6.92 Å². The molecule has 0 aliphatic carbocycles. The van der Waals surface area contributed by atoms with E-state index in [-0.39, 0.29) is 17.5 Å². The normalized spacial score (nSPS) is 18.3.